The van der Waals surface area contributed by atoms with Crippen LogP contribution in [0.5, 0.6) is 0 Å². The smallest absolute Gasteiger partial charge is 0.408 e. The van der Waals surface area contributed by atoms with Crippen molar-refractivity contribution in [1.29, 1.82) is 0 Å². The summed E-state index contributed by atoms with van der Waals surface area (Å²) in [7, 11) is 3.36. The number of nitrogens with zero attached hydrogens (tertiary/aromatic N) is 1. The molecule has 0 heterocycles. The fraction of sp³-hybridized carbons (Fsp3) is 0.857. The van der Waals surface area contributed by atoms with E-state index in [0.29, 0.717) is 6.42 Å². The zero-order valence-electron chi connectivity index (χ0n) is 18.8. The largest absolute Gasteiger partial charge is 0.460 e. The fourth-order valence-electron chi connectivity index (χ4n) is 3.44. The summed E-state index contributed by atoms with van der Waals surface area (Å²) in [6, 6.07) is -0.618. The predicted octanol–water partition coefficient (Wildman–Crippen LogP) is 3.51. The number of likely N-dealkylation sites (N-methyl/N-ethyl adjacent to an activating group) is 1. The van der Waals surface area contributed by atoms with E-state index in [1.54, 1.807) is 34.9 Å². The SMILES string of the molecule is CN(C)C(=O)[C@H](NC(=O)OC(C)(C)C)C1CCC(CC(=O)OC(C)(C)C)CC1. The molecular weight excluding hydrogens is 360 g/mol. The number of ether oxygens (including phenoxy) is 2. The summed E-state index contributed by atoms with van der Waals surface area (Å²) < 4.78 is 10.7. The molecule has 162 valence electrons. The summed E-state index contributed by atoms with van der Waals surface area (Å²) in [5.41, 5.74) is -1.10. The van der Waals surface area contributed by atoms with Crippen molar-refractivity contribution in [2.75, 3.05) is 14.1 Å². The van der Waals surface area contributed by atoms with Crippen molar-refractivity contribution in [3.05, 3.63) is 0 Å². The first-order valence-electron chi connectivity index (χ1n) is 10.1. The van der Waals surface area contributed by atoms with Crippen LogP contribution in [0.4, 0.5) is 4.79 Å². The molecule has 1 fully saturated rings. The van der Waals surface area contributed by atoms with Gasteiger partial charge in [0.25, 0.3) is 0 Å². The minimum Gasteiger partial charge on any atom is -0.460 e. The standard InChI is InChI=1S/C21H38N2O5/c1-20(2,3)27-16(24)13-14-9-11-15(12-10-14)17(18(25)23(7)8)22-19(26)28-21(4,5)6/h14-15,17H,9-13H2,1-8H3,(H,22,26)/t14?,15?,17-/m1/s1. The van der Waals surface area contributed by atoms with E-state index in [1.165, 1.54) is 4.90 Å². The van der Waals surface area contributed by atoms with Crippen molar-refractivity contribution in [2.45, 2.75) is 90.9 Å². The fourth-order valence-corrected chi connectivity index (χ4v) is 3.44. The molecule has 0 spiro atoms. The molecule has 0 aliphatic heterocycles. The second-order valence-electron chi connectivity index (χ2n) is 9.93. The quantitative estimate of drug-likeness (QED) is 0.717. The molecule has 1 N–H and O–H groups in total. The molecule has 28 heavy (non-hydrogen) atoms. The van der Waals surface area contributed by atoms with E-state index in [2.05, 4.69) is 5.32 Å². The van der Waals surface area contributed by atoms with E-state index < -0.39 is 23.3 Å². The molecule has 7 nitrogen and oxygen atoms in total. The lowest BCUT2D eigenvalue weighted by molar-refractivity contribution is -0.156. The molecule has 0 radical (unpaired) electrons. The van der Waals surface area contributed by atoms with Gasteiger partial charge >= 0.3 is 12.1 Å². The Labute approximate surface area is 169 Å². The summed E-state index contributed by atoms with van der Waals surface area (Å²) in [5.74, 6) is -0.0368. The Kier molecular flexibility index (Phi) is 8.32. The lowest BCUT2D eigenvalue weighted by Gasteiger charge is -2.35. The van der Waals surface area contributed by atoms with Crippen molar-refractivity contribution in [3.63, 3.8) is 0 Å². The second-order valence-corrected chi connectivity index (χ2v) is 9.93. The lowest BCUT2D eigenvalue weighted by atomic mass is 9.77. The van der Waals surface area contributed by atoms with Gasteiger partial charge in [-0.05, 0) is 79.1 Å². The molecule has 0 bridgehead atoms. The minimum atomic E-state index is -0.624. The highest BCUT2D eigenvalue weighted by Crippen LogP contribution is 2.33. The van der Waals surface area contributed by atoms with E-state index in [9.17, 15) is 14.4 Å². The van der Waals surface area contributed by atoms with Crippen LogP contribution in [0.15, 0.2) is 0 Å². The van der Waals surface area contributed by atoms with Crippen molar-refractivity contribution in [1.82, 2.24) is 10.2 Å². The van der Waals surface area contributed by atoms with Gasteiger partial charge in [0.1, 0.15) is 17.2 Å². The van der Waals surface area contributed by atoms with E-state index in [-0.39, 0.29) is 23.7 Å². The summed E-state index contributed by atoms with van der Waals surface area (Å²) in [4.78, 5) is 38.4. The molecule has 0 aromatic heterocycles. The highest BCUT2D eigenvalue weighted by Gasteiger charge is 2.36. The number of amides is 2. The van der Waals surface area contributed by atoms with E-state index in [1.807, 2.05) is 20.8 Å². The second kappa shape index (κ2) is 9.61. The molecule has 0 aromatic carbocycles. The van der Waals surface area contributed by atoms with Gasteiger partial charge in [0.15, 0.2) is 0 Å². The zero-order valence-corrected chi connectivity index (χ0v) is 18.8. The number of carbonyl (C=O) groups is 3. The van der Waals surface area contributed by atoms with Gasteiger partial charge in [-0.25, -0.2) is 4.79 Å². The molecule has 1 aliphatic carbocycles. The van der Waals surface area contributed by atoms with Gasteiger partial charge in [0.2, 0.25) is 5.91 Å². The van der Waals surface area contributed by atoms with Crippen molar-refractivity contribution < 1.29 is 23.9 Å². The van der Waals surface area contributed by atoms with Gasteiger partial charge in [-0.3, -0.25) is 9.59 Å². The predicted molar refractivity (Wildman–Crippen MR) is 108 cm³/mol. The molecule has 2 amide bonds. The first-order valence-corrected chi connectivity index (χ1v) is 10.1. The van der Waals surface area contributed by atoms with Crippen LogP contribution in [0.3, 0.4) is 0 Å². The minimum absolute atomic E-state index is 0.0253. The monoisotopic (exact) mass is 398 g/mol. The lowest BCUT2D eigenvalue weighted by Crippen LogP contribution is -2.52. The third-order valence-electron chi connectivity index (χ3n) is 4.62. The number of hydrogen-bond acceptors (Lipinski definition) is 5. The third kappa shape index (κ3) is 8.93. The maximum Gasteiger partial charge on any atom is 0.408 e. The van der Waals surface area contributed by atoms with Crippen LogP contribution >= 0.6 is 0 Å². The van der Waals surface area contributed by atoms with Crippen LogP contribution in [-0.2, 0) is 19.1 Å². The molecule has 0 unspecified atom stereocenters. The van der Waals surface area contributed by atoms with Crippen molar-refractivity contribution in [2.24, 2.45) is 11.8 Å². The molecule has 1 aliphatic rings. The molecule has 0 saturated heterocycles. The number of carbonyl (C=O) groups excluding carboxylic acids is 3. The van der Waals surface area contributed by atoms with Gasteiger partial charge < -0.3 is 19.7 Å². The summed E-state index contributed by atoms with van der Waals surface area (Å²) in [6.45, 7) is 11.0. The van der Waals surface area contributed by atoms with E-state index in [0.717, 1.165) is 25.7 Å². The van der Waals surface area contributed by atoms with Crippen LogP contribution in [0.1, 0.15) is 73.6 Å². The van der Waals surface area contributed by atoms with Gasteiger partial charge in [-0.1, -0.05) is 0 Å². The molecule has 7 heteroatoms. The number of alkyl carbamates (subject to hydrolysis) is 1. The Bertz CT molecular complexity index is 552. The average Bonchev–Trinajstić information content (AvgIpc) is 2.49. The third-order valence-corrected chi connectivity index (χ3v) is 4.62. The van der Waals surface area contributed by atoms with Crippen LogP contribution in [0.2, 0.25) is 0 Å². The Morgan fingerprint density at radius 1 is 0.929 bits per heavy atom. The normalized spacial score (nSPS) is 21.4. The Morgan fingerprint density at radius 2 is 1.43 bits per heavy atom. The average molecular weight is 399 g/mol. The Balaban J connectivity index is 2.67. The number of hydrogen-bond donors (Lipinski definition) is 1. The molecule has 0 aromatic rings. The van der Waals surface area contributed by atoms with Crippen LogP contribution < -0.4 is 5.32 Å². The molecular formula is C21H38N2O5. The summed E-state index contributed by atoms with van der Waals surface area (Å²) in [5, 5.41) is 2.77. The highest BCUT2D eigenvalue weighted by molar-refractivity contribution is 5.85. The maximum absolute atomic E-state index is 12.6. The number of nitrogens with one attached hydrogen (secondary N) is 1. The van der Waals surface area contributed by atoms with E-state index >= 15 is 0 Å². The van der Waals surface area contributed by atoms with Gasteiger partial charge in [0, 0.05) is 20.5 Å². The van der Waals surface area contributed by atoms with Crippen LogP contribution in [0, 0.1) is 11.8 Å². The number of rotatable bonds is 5. The highest BCUT2D eigenvalue weighted by atomic mass is 16.6. The van der Waals surface area contributed by atoms with E-state index in [4.69, 9.17) is 9.47 Å². The van der Waals surface area contributed by atoms with Gasteiger partial charge in [-0.2, -0.15) is 0 Å². The number of esters is 1. The Hall–Kier alpha value is -1.79. The first kappa shape index (κ1) is 24.2. The Morgan fingerprint density at radius 3 is 1.86 bits per heavy atom. The van der Waals surface area contributed by atoms with Crippen molar-refractivity contribution >= 4 is 18.0 Å². The molecule has 1 rings (SSSR count). The van der Waals surface area contributed by atoms with Gasteiger partial charge in [-0.15, -0.1) is 0 Å². The summed E-state index contributed by atoms with van der Waals surface area (Å²) in [6.07, 6.45) is 3.02. The molecule has 1 saturated carbocycles. The van der Waals surface area contributed by atoms with Crippen LogP contribution in [0.25, 0.3) is 0 Å². The topological polar surface area (TPSA) is 84.9 Å². The zero-order chi connectivity index (χ0) is 21.7. The maximum atomic E-state index is 12.6. The van der Waals surface area contributed by atoms with Crippen molar-refractivity contribution in [3.8, 4) is 0 Å². The summed E-state index contributed by atoms with van der Waals surface area (Å²) >= 11 is 0. The molecule has 1 atom stereocenters. The van der Waals surface area contributed by atoms with Gasteiger partial charge in [0.05, 0.1) is 0 Å². The van der Waals surface area contributed by atoms with Crippen LogP contribution in [-0.4, -0.2) is 54.2 Å². The first-order chi connectivity index (χ1) is 12.7.